The van der Waals surface area contributed by atoms with Gasteiger partial charge in [0.15, 0.2) is 12.6 Å². The number of hydrogen-bond acceptors (Lipinski definition) is 3. The van der Waals surface area contributed by atoms with Crippen LogP contribution in [0.5, 0.6) is 0 Å². The molecule has 0 aromatic carbocycles. The Hall–Kier alpha value is -0.380. The van der Waals surface area contributed by atoms with E-state index in [1.54, 1.807) is 14.2 Å². The summed E-state index contributed by atoms with van der Waals surface area (Å²) in [4.78, 5) is 0. The Labute approximate surface area is 54.2 Å². The molecule has 0 bridgehead atoms. The Bertz CT molecular complexity index is 98.9. The summed E-state index contributed by atoms with van der Waals surface area (Å²) in [5, 5.41) is 0. The van der Waals surface area contributed by atoms with E-state index in [0.717, 1.165) is 0 Å². The number of ether oxygens (including phenoxy) is 3. The van der Waals surface area contributed by atoms with Gasteiger partial charge in [0.1, 0.15) is 0 Å². The lowest BCUT2D eigenvalue weighted by molar-refractivity contribution is -0.173. The predicted octanol–water partition coefficient (Wildman–Crippen LogP) is 0.518. The molecule has 1 heterocycles. The van der Waals surface area contributed by atoms with Crippen LogP contribution in [0.15, 0.2) is 12.2 Å². The molecule has 0 saturated carbocycles. The minimum Gasteiger partial charge on any atom is -0.352 e. The number of rotatable bonds is 2. The van der Waals surface area contributed by atoms with E-state index in [0.29, 0.717) is 0 Å². The molecule has 1 aliphatic heterocycles. The van der Waals surface area contributed by atoms with Crippen LogP contribution in [0.3, 0.4) is 0 Å². The summed E-state index contributed by atoms with van der Waals surface area (Å²) in [5.74, 6) is 0. The van der Waals surface area contributed by atoms with Crippen LogP contribution in [-0.2, 0) is 14.2 Å². The average molecular weight is 130 g/mol. The van der Waals surface area contributed by atoms with Crippen molar-refractivity contribution in [2.24, 2.45) is 0 Å². The summed E-state index contributed by atoms with van der Waals surface area (Å²) in [6, 6.07) is 0. The molecule has 0 N–H and O–H groups in total. The van der Waals surface area contributed by atoms with E-state index in [1.807, 2.05) is 12.2 Å². The molecule has 52 valence electrons. The predicted molar refractivity (Wildman–Crippen MR) is 31.8 cm³/mol. The van der Waals surface area contributed by atoms with Crippen molar-refractivity contribution in [3.63, 3.8) is 0 Å². The SMILES string of the molecule is CO[C@@H]1C=C[C@@H](OC)O1. The summed E-state index contributed by atoms with van der Waals surface area (Å²) in [6.45, 7) is 0. The van der Waals surface area contributed by atoms with Gasteiger partial charge in [0.05, 0.1) is 0 Å². The first-order valence-electron chi connectivity index (χ1n) is 2.76. The molecule has 0 aromatic rings. The Morgan fingerprint density at radius 2 is 1.56 bits per heavy atom. The van der Waals surface area contributed by atoms with Gasteiger partial charge in [-0.1, -0.05) is 0 Å². The summed E-state index contributed by atoms with van der Waals surface area (Å²) in [5.41, 5.74) is 0. The smallest absolute Gasteiger partial charge is 0.180 e. The maximum Gasteiger partial charge on any atom is 0.180 e. The second-order valence-corrected chi connectivity index (χ2v) is 1.73. The molecule has 3 heteroatoms. The summed E-state index contributed by atoms with van der Waals surface area (Å²) in [7, 11) is 3.18. The molecule has 9 heavy (non-hydrogen) atoms. The molecule has 2 atom stereocenters. The lowest BCUT2D eigenvalue weighted by Gasteiger charge is -2.09. The highest BCUT2D eigenvalue weighted by Crippen LogP contribution is 2.11. The van der Waals surface area contributed by atoms with E-state index in [1.165, 1.54) is 0 Å². The van der Waals surface area contributed by atoms with Gasteiger partial charge < -0.3 is 14.2 Å². The second kappa shape index (κ2) is 2.96. The van der Waals surface area contributed by atoms with Crippen LogP contribution >= 0.6 is 0 Å². The maximum absolute atomic E-state index is 5.10. The van der Waals surface area contributed by atoms with E-state index in [2.05, 4.69) is 0 Å². The Balaban J connectivity index is 2.31. The van der Waals surface area contributed by atoms with E-state index < -0.39 is 0 Å². The largest absolute Gasteiger partial charge is 0.352 e. The Morgan fingerprint density at radius 3 is 1.78 bits per heavy atom. The zero-order valence-corrected chi connectivity index (χ0v) is 5.53. The fraction of sp³-hybridized carbons (Fsp3) is 0.667. The fourth-order valence-electron chi connectivity index (χ4n) is 0.673. The third kappa shape index (κ3) is 1.51. The molecule has 0 saturated heterocycles. The molecule has 0 aliphatic carbocycles. The lowest BCUT2D eigenvalue weighted by Crippen LogP contribution is -2.14. The summed E-state index contributed by atoms with van der Waals surface area (Å²) < 4.78 is 14.8. The summed E-state index contributed by atoms with van der Waals surface area (Å²) >= 11 is 0. The maximum atomic E-state index is 5.10. The molecular formula is C6H10O3. The molecule has 3 nitrogen and oxygen atoms in total. The van der Waals surface area contributed by atoms with Crippen LogP contribution in [0.4, 0.5) is 0 Å². The highest BCUT2D eigenvalue weighted by atomic mass is 16.8. The highest BCUT2D eigenvalue weighted by Gasteiger charge is 2.16. The third-order valence-corrected chi connectivity index (χ3v) is 1.16. The van der Waals surface area contributed by atoms with Crippen LogP contribution in [0.25, 0.3) is 0 Å². The molecule has 1 rings (SSSR count). The Kier molecular flexibility index (Phi) is 2.22. The Morgan fingerprint density at radius 1 is 1.11 bits per heavy atom. The van der Waals surface area contributed by atoms with Gasteiger partial charge >= 0.3 is 0 Å². The molecule has 0 unspecified atom stereocenters. The lowest BCUT2D eigenvalue weighted by atomic mass is 10.5. The first kappa shape index (κ1) is 6.74. The molecule has 0 aromatic heterocycles. The zero-order valence-electron chi connectivity index (χ0n) is 5.53. The normalized spacial score (nSPS) is 33.6. The van der Waals surface area contributed by atoms with Crippen LogP contribution in [0, 0.1) is 0 Å². The van der Waals surface area contributed by atoms with Gasteiger partial charge in [-0.2, -0.15) is 0 Å². The first-order chi connectivity index (χ1) is 4.36. The molecule has 0 radical (unpaired) electrons. The topological polar surface area (TPSA) is 27.7 Å². The molecule has 1 aliphatic rings. The van der Waals surface area contributed by atoms with Crippen molar-refractivity contribution in [3.8, 4) is 0 Å². The van der Waals surface area contributed by atoms with Crippen molar-refractivity contribution in [2.45, 2.75) is 12.6 Å². The minimum absolute atomic E-state index is 0.227. The molecular weight excluding hydrogens is 120 g/mol. The van der Waals surface area contributed by atoms with Crippen molar-refractivity contribution < 1.29 is 14.2 Å². The summed E-state index contributed by atoms with van der Waals surface area (Å²) in [6.07, 6.45) is 3.17. The van der Waals surface area contributed by atoms with Gasteiger partial charge in [0, 0.05) is 14.2 Å². The minimum atomic E-state index is -0.227. The number of hydrogen-bond donors (Lipinski definition) is 0. The fourth-order valence-corrected chi connectivity index (χ4v) is 0.673. The molecule has 0 spiro atoms. The van der Waals surface area contributed by atoms with Crippen LogP contribution in [-0.4, -0.2) is 26.8 Å². The molecule has 0 fully saturated rings. The van der Waals surface area contributed by atoms with E-state index in [-0.39, 0.29) is 12.6 Å². The van der Waals surface area contributed by atoms with Crippen molar-refractivity contribution in [3.05, 3.63) is 12.2 Å². The van der Waals surface area contributed by atoms with E-state index in [9.17, 15) is 0 Å². The number of methoxy groups -OCH3 is 2. The average Bonchev–Trinajstić information content (AvgIpc) is 2.34. The van der Waals surface area contributed by atoms with Gasteiger partial charge in [-0.15, -0.1) is 0 Å². The highest BCUT2D eigenvalue weighted by molar-refractivity contribution is 4.94. The van der Waals surface area contributed by atoms with Crippen LogP contribution < -0.4 is 0 Å². The van der Waals surface area contributed by atoms with Crippen molar-refractivity contribution in [2.75, 3.05) is 14.2 Å². The van der Waals surface area contributed by atoms with Crippen LogP contribution in [0.1, 0.15) is 0 Å². The second-order valence-electron chi connectivity index (χ2n) is 1.73. The van der Waals surface area contributed by atoms with Crippen molar-refractivity contribution in [1.29, 1.82) is 0 Å². The van der Waals surface area contributed by atoms with Gasteiger partial charge in [-0.25, -0.2) is 0 Å². The third-order valence-electron chi connectivity index (χ3n) is 1.16. The monoisotopic (exact) mass is 130 g/mol. The van der Waals surface area contributed by atoms with E-state index in [4.69, 9.17) is 14.2 Å². The van der Waals surface area contributed by atoms with Crippen molar-refractivity contribution >= 4 is 0 Å². The first-order valence-corrected chi connectivity index (χ1v) is 2.76. The van der Waals surface area contributed by atoms with Gasteiger partial charge in [0.25, 0.3) is 0 Å². The van der Waals surface area contributed by atoms with Gasteiger partial charge in [-0.3, -0.25) is 0 Å². The van der Waals surface area contributed by atoms with E-state index >= 15 is 0 Å². The quantitative estimate of drug-likeness (QED) is 0.510. The van der Waals surface area contributed by atoms with Crippen molar-refractivity contribution in [1.82, 2.24) is 0 Å². The van der Waals surface area contributed by atoms with Gasteiger partial charge in [-0.05, 0) is 12.2 Å². The van der Waals surface area contributed by atoms with Gasteiger partial charge in [0.2, 0.25) is 0 Å². The standard InChI is InChI=1S/C6H10O3/c1-7-5-3-4-6(8-2)9-5/h3-6H,1-2H3/t5-,6-/m0/s1. The zero-order chi connectivity index (χ0) is 6.69. The van der Waals surface area contributed by atoms with Crippen LogP contribution in [0.2, 0.25) is 0 Å². The molecule has 0 amide bonds.